The van der Waals surface area contributed by atoms with E-state index in [2.05, 4.69) is 20.9 Å². The average molecular weight is 446 g/mol. The highest BCUT2D eigenvalue weighted by Crippen LogP contribution is 2.29. The van der Waals surface area contributed by atoms with E-state index in [-0.39, 0.29) is 5.91 Å². The van der Waals surface area contributed by atoms with Gasteiger partial charge in [-0.2, -0.15) is 0 Å². The van der Waals surface area contributed by atoms with Crippen LogP contribution in [0.2, 0.25) is 0 Å². The molecule has 0 fully saturated rings. The third-order valence-electron chi connectivity index (χ3n) is 5.46. The second-order valence-electron chi connectivity index (χ2n) is 7.55. The molecule has 0 radical (unpaired) electrons. The van der Waals surface area contributed by atoms with Crippen molar-refractivity contribution in [3.05, 3.63) is 39.4 Å². The van der Waals surface area contributed by atoms with E-state index in [1.165, 1.54) is 29.8 Å². The predicted octanol–water partition coefficient (Wildman–Crippen LogP) is 4.36. The van der Waals surface area contributed by atoms with Crippen molar-refractivity contribution in [3.8, 4) is 11.4 Å². The Hall–Kier alpha value is -2.45. The smallest absolute Gasteiger partial charge is 0.367 e. The molecule has 2 aromatic heterocycles. The molecule has 0 unspecified atom stereocenters. The zero-order valence-electron chi connectivity index (χ0n) is 18.5. The SMILES string of the molecule is CCOC(=O)c1nc(-c2cc(C(=O)NCCOC)c(C)n2CCC2=CCCCC2)cs1. The minimum absolute atomic E-state index is 0.132. The Morgan fingerprint density at radius 2 is 2.16 bits per heavy atom. The van der Waals surface area contributed by atoms with Gasteiger partial charge in [0.2, 0.25) is 5.01 Å². The number of allylic oxidation sites excluding steroid dienone is 2. The fourth-order valence-electron chi connectivity index (χ4n) is 3.80. The Morgan fingerprint density at radius 3 is 2.87 bits per heavy atom. The van der Waals surface area contributed by atoms with Gasteiger partial charge in [0.05, 0.1) is 30.2 Å². The fourth-order valence-corrected chi connectivity index (χ4v) is 4.51. The van der Waals surface area contributed by atoms with Crippen LogP contribution in [0.25, 0.3) is 11.4 Å². The minimum Gasteiger partial charge on any atom is -0.461 e. The standard InChI is InChI=1S/C23H31N3O4S/c1-4-30-23(28)22-25-19(15-31-22)20-14-18(21(27)24-11-13-29-3)16(2)26(20)12-10-17-8-6-5-7-9-17/h8,14-15H,4-7,9-13H2,1-3H3,(H,24,27). The predicted molar refractivity (Wildman–Crippen MR) is 122 cm³/mol. The number of rotatable bonds is 10. The lowest BCUT2D eigenvalue weighted by Crippen LogP contribution is -2.27. The van der Waals surface area contributed by atoms with Gasteiger partial charge in [-0.1, -0.05) is 11.6 Å². The van der Waals surface area contributed by atoms with Crippen LogP contribution >= 0.6 is 11.3 Å². The molecular weight excluding hydrogens is 414 g/mol. The number of carbonyl (C=O) groups excluding carboxylic acids is 2. The molecule has 2 aromatic rings. The van der Waals surface area contributed by atoms with Crippen LogP contribution in [0.3, 0.4) is 0 Å². The number of esters is 1. The number of aromatic nitrogens is 2. The second-order valence-corrected chi connectivity index (χ2v) is 8.40. The molecule has 7 nitrogen and oxygen atoms in total. The number of nitrogens with one attached hydrogen (secondary N) is 1. The molecule has 0 spiro atoms. The van der Waals surface area contributed by atoms with Crippen LogP contribution in [0.4, 0.5) is 0 Å². The van der Waals surface area contributed by atoms with E-state index in [0.717, 1.165) is 37.2 Å². The molecule has 1 aliphatic rings. The van der Waals surface area contributed by atoms with Gasteiger partial charge in [-0.25, -0.2) is 9.78 Å². The Kier molecular flexibility index (Phi) is 8.43. The third kappa shape index (κ3) is 5.83. The summed E-state index contributed by atoms with van der Waals surface area (Å²) < 4.78 is 12.2. The monoisotopic (exact) mass is 445 g/mol. The molecular formula is C23H31N3O4S. The van der Waals surface area contributed by atoms with Gasteiger partial charge in [0.15, 0.2) is 0 Å². The summed E-state index contributed by atoms with van der Waals surface area (Å²) in [5.41, 5.74) is 4.52. The highest BCUT2D eigenvalue weighted by Gasteiger charge is 2.21. The molecule has 1 aliphatic carbocycles. The van der Waals surface area contributed by atoms with Gasteiger partial charge >= 0.3 is 5.97 Å². The zero-order chi connectivity index (χ0) is 22.2. The molecule has 1 N–H and O–H groups in total. The second kappa shape index (κ2) is 11.2. The molecule has 0 aliphatic heterocycles. The van der Waals surface area contributed by atoms with Gasteiger partial charge in [0.1, 0.15) is 0 Å². The fraction of sp³-hybridized carbons (Fsp3) is 0.522. The Bertz CT molecular complexity index is 945. The molecule has 0 bridgehead atoms. The molecule has 0 saturated heterocycles. The van der Waals surface area contributed by atoms with Crippen molar-refractivity contribution >= 4 is 23.2 Å². The van der Waals surface area contributed by atoms with Crippen molar-refractivity contribution in [1.82, 2.24) is 14.9 Å². The Balaban J connectivity index is 1.89. The van der Waals surface area contributed by atoms with Gasteiger partial charge in [-0.05, 0) is 52.0 Å². The van der Waals surface area contributed by atoms with E-state index >= 15 is 0 Å². The summed E-state index contributed by atoms with van der Waals surface area (Å²) in [6, 6.07) is 1.87. The van der Waals surface area contributed by atoms with E-state index in [4.69, 9.17) is 9.47 Å². The summed E-state index contributed by atoms with van der Waals surface area (Å²) in [4.78, 5) is 29.3. The van der Waals surface area contributed by atoms with Crippen molar-refractivity contribution in [2.45, 2.75) is 52.5 Å². The van der Waals surface area contributed by atoms with Crippen LogP contribution in [0, 0.1) is 6.92 Å². The van der Waals surface area contributed by atoms with Crippen molar-refractivity contribution in [2.75, 3.05) is 26.9 Å². The van der Waals surface area contributed by atoms with Crippen LogP contribution in [0.5, 0.6) is 0 Å². The summed E-state index contributed by atoms with van der Waals surface area (Å²) in [6.07, 6.45) is 8.09. The number of methoxy groups -OCH3 is 1. The summed E-state index contributed by atoms with van der Waals surface area (Å²) in [7, 11) is 1.61. The average Bonchev–Trinajstić information content (AvgIpc) is 3.38. The number of hydrogen-bond acceptors (Lipinski definition) is 6. The van der Waals surface area contributed by atoms with Gasteiger partial charge < -0.3 is 19.4 Å². The van der Waals surface area contributed by atoms with Crippen LogP contribution in [-0.2, 0) is 16.0 Å². The van der Waals surface area contributed by atoms with Gasteiger partial charge in [0.25, 0.3) is 5.91 Å². The largest absolute Gasteiger partial charge is 0.461 e. The van der Waals surface area contributed by atoms with Crippen molar-refractivity contribution in [2.24, 2.45) is 0 Å². The summed E-state index contributed by atoms with van der Waals surface area (Å²) in [5.74, 6) is -0.550. The maximum Gasteiger partial charge on any atom is 0.367 e. The first-order chi connectivity index (χ1) is 15.0. The van der Waals surface area contributed by atoms with E-state index in [1.807, 2.05) is 18.4 Å². The maximum absolute atomic E-state index is 12.8. The lowest BCUT2D eigenvalue weighted by atomic mass is 9.97. The Labute approximate surface area is 187 Å². The molecule has 0 atom stereocenters. The number of thiazole rings is 1. The van der Waals surface area contributed by atoms with Crippen molar-refractivity contribution in [3.63, 3.8) is 0 Å². The van der Waals surface area contributed by atoms with Gasteiger partial charge in [0, 0.05) is 31.3 Å². The highest BCUT2D eigenvalue weighted by molar-refractivity contribution is 7.11. The molecule has 168 valence electrons. The normalized spacial score (nSPS) is 13.7. The number of hydrogen-bond donors (Lipinski definition) is 1. The topological polar surface area (TPSA) is 82.4 Å². The summed E-state index contributed by atoms with van der Waals surface area (Å²) in [5, 5.41) is 5.07. The third-order valence-corrected chi connectivity index (χ3v) is 6.28. The first kappa shape index (κ1) is 23.2. The van der Waals surface area contributed by atoms with Crippen LogP contribution < -0.4 is 5.32 Å². The first-order valence-corrected chi connectivity index (χ1v) is 11.7. The van der Waals surface area contributed by atoms with E-state index < -0.39 is 5.97 Å². The minimum atomic E-state index is -0.418. The van der Waals surface area contributed by atoms with E-state index in [9.17, 15) is 9.59 Å². The number of ether oxygens (including phenoxy) is 2. The van der Waals surface area contributed by atoms with Gasteiger partial charge in [-0.15, -0.1) is 11.3 Å². The molecule has 2 heterocycles. The first-order valence-electron chi connectivity index (χ1n) is 10.8. The Morgan fingerprint density at radius 1 is 1.32 bits per heavy atom. The molecule has 3 rings (SSSR count). The highest BCUT2D eigenvalue weighted by atomic mass is 32.1. The number of amides is 1. The number of nitrogens with zero attached hydrogens (tertiary/aromatic N) is 2. The van der Waals surface area contributed by atoms with Crippen molar-refractivity contribution < 1.29 is 19.1 Å². The molecule has 8 heteroatoms. The van der Waals surface area contributed by atoms with Gasteiger partial charge in [-0.3, -0.25) is 4.79 Å². The number of carbonyl (C=O) groups is 2. The van der Waals surface area contributed by atoms with Crippen LogP contribution in [-0.4, -0.2) is 48.3 Å². The summed E-state index contributed by atoms with van der Waals surface area (Å²) in [6.45, 7) is 5.72. The summed E-state index contributed by atoms with van der Waals surface area (Å²) >= 11 is 1.26. The van der Waals surface area contributed by atoms with E-state index in [0.29, 0.717) is 36.0 Å². The molecule has 1 amide bonds. The van der Waals surface area contributed by atoms with Crippen molar-refractivity contribution in [1.29, 1.82) is 0 Å². The lowest BCUT2D eigenvalue weighted by molar-refractivity contribution is 0.0526. The quantitative estimate of drug-likeness (QED) is 0.334. The van der Waals surface area contributed by atoms with E-state index in [1.54, 1.807) is 14.0 Å². The lowest BCUT2D eigenvalue weighted by Gasteiger charge is -2.15. The molecule has 0 saturated carbocycles. The van der Waals surface area contributed by atoms with Crippen LogP contribution in [0.15, 0.2) is 23.1 Å². The molecule has 31 heavy (non-hydrogen) atoms. The van der Waals surface area contributed by atoms with Crippen LogP contribution in [0.1, 0.15) is 64.9 Å². The zero-order valence-corrected chi connectivity index (χ0v) is 19.3. The molecule has 0 aromatic carbocycles. The maximum atomic E-state index is 12.8.